The molecule has 0 spiro atoms. The van der Waals surface area contributed by atoms with Crippen LogP contribution in [0.15, 0.2) is 24.3 Å². The van der Waals surface area contributed by atoms with Gasteiger partial charge in [-0.1, -0.05) is 12.1 Å². The van der Waals surface area contributed by atoms with Crippen LogP contribution in [0.25, 0.3) is 0 Å². The van der Waals surface area contributed by atoms with Gasteiger partial charge in [-0.15, -0.1) is 11.8 Å². The standard InChI is InChI=1S/C12H13NO2S/c1-2-15-12(14)9-16-8-11-5-3-10(7-13)4-6-11/h3-6H,2,8-9H2,1H3. The smallest absolute Gasteiger partial charge is 0.315 e. The van der Waals surface area contributed by atoms with Crippen molar-refractivity contribution in [1.82, 2.24) is 0 Å². The highest BCUT2D eigenvalue weighted by Crippen LogP contribution is 2.13. The largest absolute Gasteiger partial charge is 0.465 e. The zero-order valence-electron chi connectivity index (χ0n) is 9.10. The van der Waals surface area contributed by atoms with E-state index in [1.54, 1.807) is 19.1 Å². The van der Waals surface area contributed by atoms with Crippen molar-refractivity contribution >= 4 is 17.7 Å². The molecule has 0 unspecified atom stereocenters. The monoisotopic (exact) mass is 235 g/mol. The average Bonchev–Trinajstić information content (AvgIpc) is 2.30. The number of hydrogen-bond donors (Lipinski definition) is 0. The highest BCUT2D eigenvalue weighted by molar-refractivity contribution is 7.99. The normalized spacial score (nSPS) is 9.50. The zero-order chi connectivity index (χ0) is 11.8. The molecule has 0 aliphatic carbocycles. The molecule has 0 aromatic heterocycles. The second kappa shape index (κ2) is 6.91. The van der Waals surface area contributed by atoms with E-state index in [0.717, 1.165) is 11.3 Å². The third kappa shape index (κ3) is 4.37. The summed E-state index contributed by atoms with van der Waals surface area (Å²) in [5.41, 5.74) is 1.76. The summed E-state index contributed by atoms with van der Waals surface area (Å²) in [4.78, 5) is 11.0. The molecule has 0 saturated carbocycles. The lowest BCUT2D eigenvalue weighted by Gasteiger charge is -2.02. The van der Waals surface area contributed by atoms with Crippen molar-refractivity contribution in [1.29, 1.82) is 5.26 Å². The molecule has 0 aliphatic rings. The zero-order valence-corrected chi connectivity index (χ0v) is 9.92. The topological polar surface area (TPSA) is 50.1 Å². The van der Waals surface area contributed by atoms with Crippen LogP contribution in [0.5, 0.6) is 0 Å². The molecule has 84 valence electrons. The number of carbonyl (C=O) groups excluding carboxylic acids is 1. The maximum absolute atomic E-state index is 11.0. The van der Waals surface area contributed by atoms with Crippen molar-refractivity contribution in [2.75, 3.05) is 12.4 Å². The number of nitriles is 1. The van der Waals surface area contributed by atoms with Gasteiger partial charge in [0.05, 0.1) is 24.0 Å². The predicted molar refractivity (Wildman–Crippen MR) is 64.0 cm³/mol. The summed E-state index contributed by atoms with van der Waals surface area (Å²) in [6.07, 6.45) is 0. The quantitative estimate of drug-likeness (QED) is 0.735. The molecule has 4 heteroatoms. The van der Waals surface area contributed by atoms with E-state index in [4.69, 9.17) is 10.00 Å². The van der Waals surface area contributed by atoms with Crippen molar-refractivity contribution in [3.8, 4) is 6.07 Å². The SMILES string of the molecule is CCOC(=O)CSCc1ccc(C#N)cc1. The third-order valence-corrected chi connectivity index (χ3v) is 2.85. The molecule has 0 heterocycles. The van der Waals surface area contributed by atoms with Crippen LogP contribution in [0.3, 0.4) is 0 Å². The summed E-state index contributed by atoms with van der Waals surface area (Å²) >= 11 is 1.51. The first-order chi connectivity index (χ1) is 7.76. The first-order valence-electron chi connectivity index (χ1n) is 4.98. The summed E-state index contributed by atoms with van der Waals surface area (Å²) in [5, 5.41) is 8.62. The minimum atomic E-state index is -0.179. The van der Waals surface area contributed by atoms with E-state index < -0.39 is 0 Å². The Balaban J connectivity index is 2.32. The van der Waals surface area contributed by atoms with Crippen molar-refractivity contribution in [2.45, 2.75) is 12.7 Å². The van der Waals surface area contributed by atoms with E-state index in [1.807, 2.05) is 12.1 Å². The van der Waals surface area contributed by atoms with Crippen LogP contribution in [0, 0.1) is 11.3 Å². The second-order valence-corrected chi connectivity index (χ2v) is 4.09. The number of ether oxygens (including phenoxy) is 1. The lowest BCUT2D eigenvalue weighted by molar-refractivity contribution is -0.139. The van der Waals surface area contributed by atoms with Gasteiger partial charge in [0.25, 0.3) is 0 Å². The van der Waals surface area contributed by atoms with Crippen LogP contribution in [0.2, 0.25) is 0 Å². The number of nitrogens with zero attached hydrogens (tertiary/aromatic N) is 1. The third-order valence-electron chi connectivity index (χ3n) is 1.88. The lowest BCUT2D eigenvalue weighted by Crippen LogP contribution is -2.06. The molecule has 1 aromatic rings. The Hall–Kier alpha value is -1.47. The predicted octanol–water partition coefficient (Wildman–Crippen LogP) is 2.35. The van der Waals surface area contributed by atoms with Crippen LogP contribution in [-0.2, 0) is 15.3 Å². The van der Waals surface area contributed by atoms with Crippen LogP contribution in [0.4, 0.5) is 0 Å². The molecule has 0 N–H and O–H groups in total. The highest BCUT2D eigenvalue weighted by Gasteiger charge is 2.01. The molecule has 1 rings (SSSR count). The molecular formula is C12H13NO2S. The van der Waals surface area contributed by atoms with Gasteiger partial charge in [-0.25, -0.2) is 0 Å². The van der Waals surface area contributed by atoms with Gasteiger partial charge in [0.1, 0.15) is 0 Å². The van der Waals surface area contributed by atoms with Gasteiger partial charge in [0, 0.05) is 5.75 Å². The number of benzene rings is 1. The Morgan fingerprint density at radius 2 is 2.12 bits per heavy atom. The van der Waals surface area contributed by atoms with Crippen molar-refractivity contribution < 1.29 is 9.53 Å². The molecule has 1 aromatic carbocycles. The molecule has 0 amide bonds. The highest BCUT2D eigenvalue weighted by atomic mass is 32.2. The number of carbonyl (C=O) groups is 1. The van der Waals surface area contributed by atoms with E-state index in [9.17, 15) is 4.79 Å². The average molecular weight is 235 g/mol. The first kappa shape index (κ1) is 12.6. The Bertz CT molecular complexity index is 381. The number of rotatable bonds is 5. The molecule has 0 radical (unpaired) electrons. The van der Waals surface area contributed by atoms with E-state index in [-0.39, 0.29) is 5.97 Å². The molecule has 0 atom stereocenters. The van der Waals surface area contributed by atoms with Crippen LogP contribution >= 0.6 is 11.8 Å². The fourth-order valence-electron chi connectivity index (χ4n) is 1.13. The van der Waals surface area contributed by atoms with Crippen LogP contribution < -0.4 is 0 Å². The maximum atomic E-state index is 11.0. The van der Waals surface area contributed by atoms with E-state index in [1.165, 1.54) is 11.8 Å². The van der Waals surface area contributed by atoms with Gasteiger partial charge in [0.15, 0.2) is 0 Å². The molecule has 0 saturated heterocycles. The van der Waals surface area contributed by atoms with Gasteiger partial charge >= 0.3 is 5.97 Å². The molecule has 0 fully saturated rings. The number of thioether (sulfide) groups is 1. The summed E-state index contributed by atoms with van der Waals surface area (Å²) < 4.78 is 4.81. The molecule has 3 nitrogen and oxygen atoms in total. The molecule has 0 bridgehead atoms. The van der Waals surface area contributed by atoms with E-state index in [2.05, 4.69) is 6.07 Å². The minimum absolute atomic E-state index is 0.179. The van der Waals surface area contributed by atoms with Crippen molar-refractivity contribution in [3.05, 3.63) is 35.4 Å². The van der Waals surface area contributed by atoms with E-state index >= 15 is 0 Å². The summed E-state index contributed by atoms with van der Waals surface area (Å²) in [6.45, 7) is 2.22. The van der Waals surface area contributed by atoms with Gasteiger partial charge < -0.3 is 4.74 Å². The summed E-state index contributed by atoms with van der Waals surface area (Å²) in [5.74, 6) is 0.944. The minimum Gasteiger partial charge on any atom is -0.465 e. The Morgan fingerprint density at radius 3 is 2.69 bits per heavy atom. The van der Waals surface area contributed by atoms with Gasteiger partial charge in [0.2, 0.25) is 0 Å². The second-order valence-electron chi connectivity index (χ2n) is 3.11. The molecule has 16 heavy (non-hydrogen) atoms. The Kier molecular flexibility index (Phi) is 5.44. The molecular weight excluding hydrogens is 222 g/mol. The Morgan fingerprint density at radius 1 is 1.44 bits per heavy atom. The fourth-order valence-corrected chi connectivity index (χ4v) is 1.91. The number of hydrogen-bond acceptors (Lipinski definition) is 4. The summed E-state index contributed by atoms with van der Waals surface area (Å²) in [7, 11) is 0. The van der Waals surface area contributed by atoms with Crippen molar-refractivity contribution in [2.24, 2.45) is 0 Å². The van der Waals surface area contributed by atoms with Gasteiger partial charge in [-0.3, -0.25) is 4.79 Å². The summed E-state index contributed by atoms with van der Waals surface area (Å²) in [6, 6.07) is 9.42. The fraction of sp³-hybridized carbons (Fsp3) is 0.333. The van der Waals surface area contributed by atoms with E-state index in [0.29, 0.717) is 17.9 Å². The first-order valence-corrected chi connectivity index (χ1v) is 6.14. The van der Waals surface area contributed by atoms with Crippen LogP contribution in [-0.4, -0.2) is 18.3 Å². The Labute approximate surface area is 99.4 Å². The van der Waals surface area contributed by atoms with Gasteiger partial charge in [-0.2, -0.15) is 5.26 Å². The van der Waals surface area contributed by atoms with Crippen LogP contribution in [0.1, 0.15) is 18.1 Å². The molecule has 0 aliphatic heterocycles. The maximum Gasteiger partial charge on any atom is 0.315 e. The lowest BCUT2D eigenvalue weighted by atomic mass is 10.2. The van der Waals surface area contributed by atoms with Gasteiger partial charge in [-0.05, 0) is 24.6 Å². The number of esters is 1. The van der Waals surface area contributed by atoms with Crippen molar-refractivity contribution in [3.63, 3.8) is 0 Å².